The summed E-state index contributed by atoms with van der Waals surface area (Å²) < 4.78 is 3.92. The van der Waals surface area contributed by atoms with Gasteiger partial charge >= 0.3 is 6.09 Å². The molecule has 0 atom stereocenters. The zero-order valence-electron chi connectivity index (χ0n) is 20.1. The lowest BCUT2D eigenvalue weighted by molar-refractivity contribution is 0.176. The summed E-state index contributed by atoms with van der Waals surface area (Å²) in [6, 6.07) is 11.7. The second-order valence-corrected chi connectivity index (χ2v) is 10.00. The molecular formula is C27H26N6O3. The standard InChI is InChI=1S/C27H26N6O3/c1-13-19(14-3-8-21(29)16(9-14)12-28)6-7-20-23(13)33(18-4-5-18)26(34)22-24(20)32(2)25(31-22)15-10-17(11-15)30-27(35)36/h3,6-9,15,17-18,30H,4-5,10-11,29H2,1-2H3,(H,35,36). The number of nitrogens with zero attached hydrogens (tertiary/aromatic N) is 4. The van der Waals surface area contributed by atoms with Gasteiger partial charge in [0.15, 0.2) is 5.52 Å². The minimum absolute atomic E-state index is 0.0864. The maximum atomic E-state index is 13.8. The number of nitrogens with two attached hydrogens (primary N) is 1. The molecule has 0 unspecified atom stereocenters. The summed E-state index contributed by atoms with van der Waals surface area (Å²) in [7, 11) is 1.94. The molecule has 2 aliphatic rings. The van der Waals surface area contributed by atoms with Crippen molar-refractivity contribution in [2.24, 2.45) is 7.05 Å². The Labute approximate surface area is 206 Å². The smallest absolute Gasteiger partial charge is 0.404 e. The summed E-state index contributed by atoms with van der Waals surface area (Å²) in [6.07, 6.45) is 2.22. The molecule has 36 heavy (non-hydrogen) atoms. The maximum absolute atomic E-state index is 13.8. The van der Waals surface area contributed by atoms with Gasteiger partial charge in [0.2, 0.25) is 0 Å². The van der Waals surface area contributed by atoms with Crippen LogP contribution >= 0.6 is 0 Å². The van der Waals surface area contributed by atoms with Crippen molar-refractivity contribution >= 4 is 33.7 Å². The van der Waals surface area contributed by atoms with Crippen molar-refractivity contribution in [1.82, 2.24) is 19.4 Å². The number of anilines is 1. The Morgan fingerprint density at radius 2 is 1.97 bits per heavy atom. The summed E-state index contributed by atoms with van der Waals surface area (Å²) in [6.45, 7) is 2.02. The summed E-state index contributed by atoms with van der Waals surface area (Å²) in [5.74, 6) is 0.918. The third-order valence-electron chi connectivity index (χ3n) is 7.71. The molecule has 4 N–H and O–H groups in total. The van der Waals surface area contributed by atoms with Crippen LogP contribution in [-0.4, -0.2) is 31.4 Å². The maximum Gasteiger partial charge on any atom is 0.404 e. The van der Waals surface area contributed by atoms with E-state index in [0.717, 1.165) is 51.8 Å². The Kier molecular flexibility index (Phi) is 4.83. The highest BCUT2D eigenvalue weighted by molar-refractivity contribution is 6.05. The lowest BCUT2D eigenvalue weighted by atomic mass is 9.79. The highest BCUT2D eigenvalue weighted by atomic mass is 16.4. The number of hydrogen-bond donors (Lipinski definition) is 3. The van der Waals surface area contributed by atoms with Gasteiger partial charge in [-0.05, 0) is 61.4 Å². The number of aromatic nitrogens is 3. The van der Waals surface area contributed by atoms with Crippen molar-refractivity contribution in [1.29, 1.82) is 5.26 Å². The quantitative estimate of drug-likeness (QED) is 0.373. The number of pyridine rings is 1. The summed E-state index contributed by atoms with van der Waals surface area (Å²) in [5, 5.41) is 21.9. The highest BCUT2D eigenvalue weighted by Crippen LogP contribution is 2.42. The van der Waals surface area contributed by atoms with E-state index < -0.39 is 6.09 Å². The molecule has 0 saturated heterocycles. The molecular weight excluding hydrogens is 456 g/mol. The Morgan fingerprint density at radius 3 is 2.64 bits per heavy atom. The van der Waals surface area contributed by atoms with E-state index in [4.69, 9.17) is 15.8 Å². The van der Waals surface area contributed by atoms with Crippen LogP contribution in [0, 0.1) is 18.3 Å². The molecule has 2 aromatic carbocycles. The number of fused-ring (bicyclic) bond motifs is 3. The first kappa shape index (κ1) is 22.2. The van der Waals surface area contributed by atoms with E-state index in [1.54, 1.807) is 12.1 Å². The van der Waals surface area contributed by atoms with Gasteiger partial charge in [0.25, 0.3) is 5.56 Å². The number of benzene rings is 2. The Hall–Kier alpha value is -4.32. The van der Waals surface area contributed by atoms with Crippen LogP contribution < -0.4 is 16.6 Å². The number of imidazole rings is 1. The molecule has 2 saturated carbocycles. The summed E-state index contributed by atoms with van der Waals surface area (Å²) >= 11 is 0. The van der Waals surface area contributed by atoms with E-state index >= 15 is 0 Å². The third-order valence-corrected chi connectivity index (χ3v) is 7.71. The molecule has 2 aromatic heterocycles. The number of amides is 1. The fourth-order valence-corrected chi connectivity index (χ4v) is 5.69. The third kappa shape index (κ3) is 3.25. The topological polar surface area (TPSA) is 139 Å². The van der Waals surface area contributed by atoms with Gasteiger partial charge in [0.05, 0.1) is 16.6 Å². The van der Waals surface area contributed by atoms with Gasteiger partial charge in [-0.2, -0.15) is 5.26 Å². The molecule has 9 heteroatoms. The number of nitrogens with one attached hydrogen (secondary N) is 1. The summed E-state index contributed by atoms with van der Waals surface area (Å²) in [5.41, 5.74) is 11.7. The highest BCUT2D eigenvalue weighted by Gasteiger charge is 2.36. The molecule has 4 aromatic rings. The van der Waals surface area contributed by atoms with Crippen molar-refractivity contribution in [3.63, 3.8) is 0 Å². The number of rotatable bonds is 4. The van der Waals surface area contributed by atoms with Gasteiger partial charge < -0.3 is 25.3 Å². The fourth-order valence-electron chi connectivity index (χ4n) is 5.69. The van der Waals surface area contributed by atoms with Gasteiger partial charge in [-0.3, -0.25) is 4.79 Å². The minimum atomic E-state index is -1.02. The lowest BCUT2D eigenvalue weighted by Crippen LogP contribution is -2.43. The first-order valence-electron chi connectivity index (χ1n) is 12.1. The summed E-state index contributed by atoms with van der Waals surface area (Å²) in [4.78, 5) is 29.6. The van der Waals surface area contributed by atoms with Crippen LogP contribution in [0.1, 0.15) is 54.6 Å². The monoisotopic (exact) mass is 482 g/mol. The van der Waals surface area contributed by atoms with E-state index in [-0.39, 0.29) is 23.6 Å². The molecule has 9 nitrogen and oxygen atoms in total. The first-order chi connectivity index (χ1) is 17.3. The zero-order valence-corrected chi connectivity index (χ0v) is 20.1. The van der Waals surface area contributed by atoms with E-state index in [1.807, 2.05) is 41.3 Å². The van der Waals surface area contributed by atoms with Gasteiger partial charge in [-0.25, -0.2) is 9.78 Å². The van der Waals surface area contributed by atoms with Gasteiger partial charge in [-0.1, -0.05) is 18.2 Å². The van der Waals surface area contributed by atoms with Gasteiger partial charge in [-0.15, -0.1) is 0 Å². The molecule has 2 aliphatic carbocycles. The molecule has 0 radical (unpaired) electrons. The van der Waals surface area contributed by atoms with Crippen molar-refractivity contribution < 1.29 is 9.90 Å². The zero-order chi connectivity index (χ0) is 25.3. The number of nitrogen functional groups attached to an aromatic ring is 1. The van der Waals surface area contributed by atoms with Crippen LogP contribution in [0.5, 0.6) is 0 Å². The van der Waals surface area contributed by atoms with Crippen LogP contribution in [0.3, 0.4) is 0 Å². The Morgan fingerprint density at radius 1 is 1.22 bits per heavy atom. The van der Waals surface area contributed by atoms with E-state index in [2.05, 4.69) is 11.4 Å². The largest absolute Gasteiger partial charge is 0.465 e. The molecule has 0 aliphatic heterocycles. The number of hydrogen-bond acceptors (Lipinski definition) is 5. The lowest BCUT2D eigenvalue weighted by Gasteiger charge is -2.34. The second kappa shape index (κ2) is 7.85. The molecule has 6 rings (SSSR count). The van der Waals surface area contributed by atoms with E-state index in [0.29, 0.717) is 29.6 Å². The van der Waals surface area contributed by atoms with Crippen LogP contribution in [-0.2, 0) is 7.05 Å². The van der Waals surface area contributed by atoms with Crippen molar-refractivity contribution in [2.75, 3.05) is 5.73 Å². The molecule has 1 amide bonds. The number of aryl methyl sites for hydroxylation is 2. The van der Waals surface area contributed by atoms with Crippen molar-refractivity contribution in [3.8, 4) is 17.2 Å². The van der Waals surface area contributed by atoms with Crippen LogP contribution in [0.4, 0.5) is 10.5 Å². The van der Waals surface area contributed by atoms with E-state index in [1.165, 1.54) is 0 Å². The SMILES string of the molecule is Cc1c(-c2ccc(N)c(C#N)c2)ccc2c3c(nc(C4CC(NC(=O)O)C4)n3C)c(=O)n(C3CC3)c12. The molecule has 2 heterocycles. The van der Waals surface area contributed by atoms with Gasteiger partial charge in [0.1, 0.15) is 11.9 Å². The second-order valence-electron chi connectivity index (χ2n) is 10.00. The van der Waals surface area contributed by atoms with E-state index in [9.17, 15) is 14.9 Å². The molecule has 0 spiro atoms. The van der Waals surface area contributed by atoms with Gasteiger partial charge in [0, 0.05) is 36.1 Å². The molecule has 2 fully saturated rings. The minimum Gasteiger partial charge on any atom is -0.465 e. The Bertz CT molecular complexity index is 1680. The normalized spacial score (nSPS) is 19.2. The predicted octanol–water partition coefficient (Wildman–Crippen LogP) is 4.17. The van der Waals surface area contributed by atoms with Crippen LogP contribution in [0.15, 0.2) is 35.1 Å². The molecule has 0 bridgehead atoms. The first-order valence-corrected chi connectivity index (χ1v) is 12.1. The molecule has 182 valence electrons. The van der Waals surface area contributed by atoms with Crippen LogP contribution in [0.2, 0.25) is 0 Å². The van der Waals surface area contributed by atoms with Crippen LogP contribution in [0.25, 0.3) is 33.1 Å². The van der Waals surface area contributed by atoms with Crippen molar-refractivity contribution in [3.05, 3.63) is 57.6 Å². The average molecular weight is 483 g/mol. The number of carboxylic acid groups (broad SMARTS) is 1. The van der Waals surface area contributed by atoms with Crippen molar-refractivity contribution in [2.45, 2.75) is 50.6 Å². The number of carbonyl (C=O) groups is 1. The predicted molar refractivity (Wildman–Crippen MR) is 137 cm³/mol. The number of nitriles is 1. The average Bonchev–Trinajstić information content (AvgIpc) is 3.60. The fraction of sp³-hybridized carbons (Fsp3) is 0.333. The Balaban J connectivity index is 1.56.